The van der Waals surface area contributed by atoms with E-state index in [1.165, 1.54) is 0 Å². The first kappa shape index (κ1) is 23.6. The van der Waals surface area contributed by atoms with E-state index in [1.807, 2.05) is 27.7 Å². The average molecular weight is 409 g/mol. The monoisotopic (exact) mass is 408 g/mol. The van der Waals surface area contributed by atoms with E-state index in [0.717, 1.165) is 25.8 Å². The van der Waals surface area contributed by atoms with Gasteiger partial charge in [0, 0.05) is 19.6 Å². The lowest BCUT2D eigenvalue weighted by atomic mass is 9.76. The number of piperidine rings is 1. The van der Waals surface area contributed by atoms with Crippen LogP contribution in [-0.4, -0.2) is 74.1 Å². The van der Waals surface area contributed by atoms with Gasteiger partial charge in [-0.2, -0.15) is 8.42 Å². The summed E-state index contributed by atoms with van der Waals surface area (Å²) in [6.07, 6.45) is 3.07. The van der Waals surface area contributed by atoms with Crippen LogP contribution in [0.5, 0.6) is 0 Å². The summed E-state index contributed by atoms with van der Waals surface area (Å²) in [5.41, 5.74) is -0.355. The van der Waals surface area contributed by atoms with Crippen molar-refractivity contribution in [1.82, 2.24) is 10.2 Å². The number of hydrogen-bond acceptors (Lipinski definition) is 7. The Morgan fingerprint density at radius 1 is 1.26 bits per heavy atom. The van der Waals surface area contributed by atoms with E-state index in [0.29, 0.717) is 26.0 Å². The molecular weight excluding hydrogens is 376 g/mol. The Hall–Kier alpha value is -1.39. The molecule has 1 atom stereocenters. The van der Waals surface area contributed by atoms with Crippen molar-refractivity contribution in [3.05, 3.63) is 0 Å². The van der Waals surface area contributed by atoms with Crippen molar-refractivity contribution in [2.75, 3.05) is 32.5 Å². The molecule has 9 nitrogen and oxygen atoms in total. The maximum atomic E-state index is 12.1. The first-order chi connectivity index (χ1) is 12.2. The molecule has 0 saturated carbocycles. The minimum absolute atomic E-state index is 0.107. The fourth-order valence-corrected chi connectivity index (χ4v) is 3.20. The quantitative estimate of drug-likeness (QED) is 0.520. The van der Waals surface area contributed by atoms with Gasteiger partial charge in [-0.15, -0.1) is 0 Å². The molecule has 2 N–H and O–H groups in total. The zero-order valence-electron chi connectivity index (χ0n) is 16.8. The van der Waals surface area contributed by atoms with Crippen molar-refractivity contribution in [1.29, 1.82) is 0 Å². The summed E-state index contributed by atoms with van der Waals surface area (Å²) >= 11 is 0. The molecule has 2 aliphatic heterocycles. The minimum Gasteiger partial charge on any atom is -0.465 e. The van der Waals surface area contributed by atoms with Crippen LogP contribution < -0.4 is 5.32 Å². The molecule has 0 radical (unpaired) electrons. The summed E-state index contributed by atoms with van der Waals surface area (Å²) in [5.74, 6) is -0.158. The van der Waals surface area contributed by atoms with E-state index in [4.69, 9.17) is 14.0 Å². The summed E-state index contributed by atoms with van der Waals surface area (Å²) in [5, 5.41) is 3.27. The molecule has 2 saturated heterocycles. The maximum absolute atomic E-state index is 12.1. The van der Waals surface area contributed by atoms with E-state index in [2.05, 4.69) is 5.32 Å². The number of likely N-dealkylation sites (tertiary alicyclic amines) is 1. The van der Waals surface area contributed by atoms with Crippen LogP contribution in [0.25, 0.3) is 0 Å². The van der Waals surface area contributed by atoms with Crippen molar-refractivity contribution >= 4 is 22.2 Å². The molecule has 1 unspecified atom stereocenters. The number of nitrogens with zero attached hydrogens (tertiary/aromatic N) is 1. The number of carbonyl (C=O) groups is 2. The summed E-state index contributed by atoms with van der Waals surface area (Å²) in [6.45, 7) is 10.1. The molecule has 158 valence electrons. The van der Waals surface area contributed by atoms with Crippen LogP contribution in [0.15, 0.2) is 0 Å². The molecule has 27 heavy (non-hydrogen) atoms. The van der Waals surface area contributed by atoms with Crippen LogP contribution in [0, 0.1) is 5.41 Å². The average Bonchev–Trinajstić information content (AvgIpc) is 2.89. The van der Waals surface area contributed by atoms with Crippen molar-refractivity contribution in [3.8, 4) is 0 Å². The van der Waals surface area contributed by atoms with E-state index >= 15 is 0 Å². The summed E-state index contributed by atoms with van der Waals surface area (Å²) < 4.78 is 36.4. The van der Waals surface area contributed by atoms with Gasteiger partial charge in [0.05, 0.1) is 12.9 Å². The number of esters is 1. The predicted octanol–water partition coefficient (Wildman–Crippen LogP) is 1.43. The van der Waals surface area contributed by atoms with Crippen LogP contribution in [0.2, 0.25) is 0 Å². The molecule has 2 aliphatic rings. The second-order valence-electron chi connectivity index (χ2n) is 8.09. The Bertz CT molecular complexity index is 612. The largest absolute Gasteiger partial charge is 0.465 e. The third-order valence-electron chi connectivity index (χ3n) is 4.41. The highest BCUT2D eigenvalue weighted by Gasteiger charge is 2.45. The lowest BCUT2D eigenvalue weighted by molar-refractivity contribution is -0.145. The molecule has 0 aliphatic carbocycles. The van der Waals surface area contributed by atoms with Crippen LogP contribution in [0.4, 0.5) is 4.79 Å². The fourth-order valence-electron chi connectivity index (χ4n) is 3.20. The molecule has 10 heteroatoms. The lowest BCUT2D eigenvalue weighted by Gasteiger charge is -2.39. The molecular formula is C17H32N2O7S. The highest BCUT2D eigenvalue weighted by atomic mass is 32.2. The Kier molecular flexibility index (Phi) is 8.06. The number of hydrogen-bond donors (Lipinski definition) is 2. The molecule has 0 aromatic heterocycles. The number of ether oxygens (including phenoxy) is 2. The Morgan fingerprint density at radius 3 is 2.22 bits per heavy atom. The van der Waals surface area contributed by atoms with Crippen molar-refractivity contribution in [2.45, 2.75) is 58.6 Å². The number of carbonyl (C=O) groups excluding carboxylic acids is 2. The third-order valence-corrected chi connectivity index (χ3v) is 4.41. The van der Waals surface area contributed by atoms with Gasteiger partial charge < -0.3 is 19.7 Å². The Labute approximate surface area is 161 Å². The molecule has 0 aromatic rings. The highest BCUT2D eigenvalue weighted by Crippen LogP contribution is 2.39. The molecule has 0 aromatic carbocycles. The van der Waals surface area contributed by atoms with E-state index < -0.39 is 15.7 Å². The van der Waals surface area contributed by atoms with Crippen molar-refractivity contribution in [2.24, 2.45) is 5.41 Å². The van der Waals surface area contributed by atoms with Crippen LogP contribution >= 0.6 is 0 Å². The minimum atomic E-state index is -3.67. The smallest absolute Gasteiger partial charge is 0.410 e. The highest BCUT2D eigenvalue weighted by molar-refractivity contribution is 7.85. The van der Waals surface area contributed by atoms with Crippen LogP contribution in [-0.2, 0) is 24.4 Å². The first-order valence-corrected chi connectivity index (χ1v) is 10.9. The molecule has 2 fully saturated rings. The first-order valence-electron chi connectivity index (χ1n) is 9.05. The molecule has 1 amide bonds. The van der Waals surface area contributed by atoms with Gasteiger partial charge in [-0.3, -0.25) is 9.35 Å². The van der Waals surface area contributed by atoms with Gasteiger partial charge in [-0.1, -0.05) is 0 Å². The van der Waals surface area contributed by atoms with Gasteiger partial charge in [-0.25, -0.2) is 4.79 Å². The second-order valence-corrected chi connectivity index (χ2v) is 9.56. The number of nitrogens with one attached hydrogen (secondary N) is 1. The van der Waals surface area contributed by atoms with Crippen LogP contribution in [0.1, 0.15) is 47.0 Å². The molecule has 0 bridgehead atoms. The Balaban J connectivity index is 0.000000646. The number of amides is 1. The second kappa shape index (κ2) is 9.20. The molecule has 2 heterocycles. The zero-order chi connectivity index (χ0) is 20.9. The van der Waals surface area contributed by atoms with Gasteiger partial charge in [0.2, 0.25) is 0 Å². The molecule has 2 rings (SSSR count). The van der Waals surface area contributed by atoms with Gasteiger partial charge in [0.25, 0.3) is 10.1 Å². The van der Waals surface area contributed by atoms with Gasteiger partial charge in [0.15, 0.2) is 0 Å². The lowest BCUT2D eigenvalue weighted by Crippen LogP contribution is -2.45. The predicted molar refractivity (Wildman–Crippen MR) is 100.0 cm³/mol. The Morgan fingerprint density at radius 2 is 1.78 bits per heavy atom. The fraction of sp³-hybridized carbons (Fsp3) is 0.882. The third kappa shape index (κ3) is 8.89. The summed E-state index contributed by atoms with van der Waals surface area (Å²) in [7, 11) is -3.67. The van der Waals surface area contributed by atoms with E-state index in [-0.39, 0.29) is 23.5 Å². The summed E-state index contributed by atoms with van der Waals surface area (Å²) in [6, 6.07) is -0.201. The van der Waals surface area contributed by atoms with Gasteiger partial charge >= 0.3 is 12.1 Å². The zero-order valence-corrected chi connectivity index (χ0v) is 17.6. The summed E-state index contributed by atoms with van der Waals surface area (Å²) in [4.78, 5) is 25.7. The van der Waals surface area contributed by atoms with Crippen LogP contribution in [0.3, 0.4) is 0 Å². The van der Waals surface area contributed by atoms with E-state index in [1.54, 1.807) is 4.90 Å². The van der Waals surface area contributed by atoms with Gasteiger partial charge in [0.1, 0.15) is 11.6 Å². The maximum Gasteiger partial charge on any atom is 0.410 e. The number of rotatable bonds is 2. The standard InChI is InChI=1S/C16H28N2O4.CH4O3S/c1-5-21-13(19)12-10-16(11-17-12)6-8-18(9-7-16)14(20)22-15(2,3)4;1-5(2,3)4/h12,17H,5-11H2,1-4H3;1H3,(H,2,3,4). The van der Waals surface area contributed by atoms with Crippen molar-refractivity contribution < 1.29 is 32.0 Å². The van der Waals surface area contributed by atoms with E-state index in [9.17, 15) is 18.0 Å². The van der Waals surface area contributed by atoms with Crippen molar-refractivity contribution in [3.63, 3.8) is 0 Å². The van der Waals surface area contributed by atoms with Gasteiger partial charge in [-0.05, 0) is 52.4 Å². The SMILES string of the molecule is CCOC(=O)C1CC2(CCN(C(=O)OC(C)(C)C)CC2)CN1.CS(=O)(=O)O. The normalized spacial score (nSPS) is 22.0. The molecule has 1 spiro atoms. The topological polar surface area (TPSA) is 122 Å².